The van der Waals surface area contributed by atoms with E-state index in [0.717, 1.165) is 0 Å². The smallest absolute Gasteiger partial charge is 0.387 e. The molecule has 102 valence electrons. The summed E-state index contributed by atoms with van der Waals surface area (Å²) in [6.07, 6.45) is 0. The Morgan fingerprint density at radius 2 is 2.11 bits per heavy atom. The van der Waals surface area contributed by atoms with E-state index < -0.39 is 12.6 Å². The number of aromatic carboxylic acids is 1. The van der Waals surface area contributed by atoms with Gasteiger partial charge in [0, 0.05) is 5.39 Å². The van der Waals surface area contributed by atoms with Crippen LogP contribution in [0.1, 0.15) is 10.5 Å². The fourth-order valence-electron chi connectivity index (χ4n) is 1.33. The van der Waals surface area contributed by atoms with Crippen LogP contribution >= 0.6 is 0 Å². The molecule has 0 aliphatic rings. The molecule has 0 spiro atoms. The third-order valence-electron chi connectivity index (χ3n) is 1.96. The fraction of sp³-hybridized carbons (Fsp3) is 0.100. The molecule has 19 heavy (non-hydrogen) atoms. The number of hydrogen-bond donors (Lipinski definition) is 3. The second-order valence-corrected chi connectivity index (χ2v) is 3.07. The largest absolute Gasteiger partial charge is 0.483 e. The molecule has 7 nitrogen and oxygen atoms in total. The molecular formula is C10H8F2N2O5. The molecule has 0 aliphatic carbocycles. The predicted molar refractivity (Wildman–Crippen MR) is 58.4 cm³/mol. The van der Waals surface area contributed by atoms with Crippen molar-refractivity contribution in [1.29, 1.82) is 0 Å². The van der Waals surface area contributed by atoms with Gasteiger partial charge >= 0.3 is 12.6 Å². The summed E-state index contributed by atoms with van der Waals surface area (Å²) in [5.74, 6) is -1.34. The van der Waals surface area contributed by atoms with Gasteiger partial charge in [-0.2, -0.15) is 13.9 Å². The number of ether oxygens (including phenoxy) is 1. The van der Waals surface area contributed by atoms with E-state index in [-0.39, 0.29) is 23.3 Å². The molecule has 0 bridgehead atoms. The summed E-state index contributed by atoms with van der Waals surface area (Å²) in [6.45, 7) is -3.20. The predicted octanol–water partition coefficient (Wildman–Crippen LogP) is 1.56. The molecule has 0 saturated heterocycles. The Kier molecular flexibility index (Phi) is 4.75. The van der Waals surface area contributed by atoms with Gasteiger partial charge in [-0.15, -0.1) is 0 Å². The number of hydrogen-bond acceptors (Lipinski definition) is 4. The topological polar surface area (TPSA) is 113 Å². The highest BCUT2D eigenvalue weighted by Crippen LogP contribution is 2.23. The van der Waals surface area contributed by atoms with Gasteiger partial charge in [-0.05, 0) is 18.2 Å². The Bertz CT molecular complexity index is 584. The number of benzene rings is 1. The first kappa shape index (κ1) is 14.4. The van der Waals surface area contributed by atoms with Crippen LogP contribution in [0.4, 0.5) is 8.78 Å². The second-order valence-electron chi connectivity index (χ2n) is 3.07. The fourth-order valence-corrected chi connectivity index (χ4v) is 1.33. The number of fused-ring (bicyclic) bond motifs is 1. The van der Waals surface area contributed by atoms with E-state index in [0.29, 0.717) is 5.52 Å². The summed E-state index contributed by atoms with van der Waals surface area (Å²) in [7, 11) is 0. The Morgan fingerprint density at radius 3 is 2.63 bits per heavy atom. The van der Waals surface area contributed by atoms with Crippen molar-refractivity contribution >= 4 is 23.3 Å². The zero-order chi connectivity index (χ0) is 14.4. The van der Waals surface area contributed by atoms with Crippen molar-refractivity contribution in [2.75, 3.05) is 0 Å². The van der Waals surface area contributed by atoms with Gasteiger partial charge < -0.3 is 14.9 Å². The van der Waals surface area contributed by atoms with Crippen LogP contribution in [0.25, 0.3) is 10.9 Å². The van der Waals surface area contributed by atoms with Crippen LogP contribution in [-0.4, -0.2) is 39.5 Å². The van der Waals surface area contributed by atoms with Crippen LogP contribution in [0.2, 0.25) is 0 Å². The highest BCUT2D eigenvalue weighted by atomic mass is 19.3. The zero-order valence-electron chi connectivity index (χ0n) is 9.21. The average molecular weight is 274 g/mol. The van der Waals surface area contributed by atoms with Crippen LogP contribution < -0.4 is 4.74 Å². The third kappa shape index (κ3) is 3.63. The number of nitrogens with one attached hydrogen (secondary N) is 1. The number of aromatic amines is 1. The highest BCUT2D eigenvalue weighted by Gasteiger charge is 2.14. The number of carboxylic acid groups (broad SMARTS) is 2. The van der Waals surface area contributed by atoms with Crippen LogP contribution in [0.3, 0.4) is 0 Å². The molecule has 0 aliphatic heterocycles. The minimum atomic E-state index is -2.95. The molecule has 1 aromatic heterocycles. The van der Waals surface area contributed by atoms with Gasteiger partial charge in [-0.25, -0.2) is 4.79 Å². The average Bonchev–Trinajstić information content (AvgIpc) is 2.72. The molecule has 3 N–H and O–H groups in total. The van der Waals surface area contributed by atoms with Crippen molar-refractivity contribution in [2.24, 2.45) is 0 Å². The minimum absolute atomic E-state index is 0.105. The van der Waals surface area contributed by atoms with Crippen molar-refractivity contribution in [3.8, 4) is 5.75 Å². The molecule has 2 rings (SSSR count). The van der Waals surface area contributed by atoms with Crippen LogP contribution in [0, 0.1) is 0 Å². The monoisotopic (exact) mass is 274 g/mol. The number of alkyl halides is 2. The maximum Gasteiger partial charge on any atom is 0.387 e. The van der Waals surface area contributed by atoms with Gasteiger partial charge in [-0.3, -0.25) is 9.89 Å². The van der Waals surface area contributed by atoms with E-state index in [2.05, 4.69) is 14.9 Å². The van der Waals surface area contributed by atoms with E-state index >= 15 is 0 Å². The van der Waals surface area contributed by atoms with E-state index in [1.54, 1.807) is 0 Å². The number of rotatable bonds is 3. The molecule has 1 heterocycles. The molecule has 0 unspecified atom stereocenters. The Morgan fingerprint density at radius 1 is 1.47 bits per heavy atom. The molecule has 0 fully saturated rings. The number of halogens is 2. The summed E-state index contributed by atoms with van der Waals surface area (Å²) in [5, 5.41) is 21.9. The quantitative estimate of drug-likeness (QED) is 0.732. The first-order valence-electron chi connectivity index (χ1n) is 4.73. The van der Waals surface area contributed by atoms with Gasteiger partial charge in [0.2, 0.25) is 0 Å². The summed E-state index contributed by atoms with van der Waals surface area (Å²) in [5.41, 5.74) is 0.216. The second kappa shape index (κ2) is 6.28. The maximum atomic E-state index is 11.9. The maximum absolute atomic E-state index is 11.9. The van der Waals surface area contributed by atoms with Gasteiger partial charge in [-0.1, -0.05) is 0 Å². The number of carbonyl (C=O) groups is 2. The molecule has 2 aromatic rings. The summed E-state index contributed by atoms with van der Waals surface area (Å²) >= 11 is 0. The normalized spacial score (nSPS) is 9.84. The molecule has 0 saturated carbocycles. The van der Waals surface area contributed by atoms with Crippen LogP contribution in [0.15, 0.2) is 18.2 Å². The Hall–Kier alpha value is -2.71. The molecular weight excluding hydrogens is 266 g/mol. The van der Waals surface area contributed by atoms with Crippen molar-refractivity contribution < 1.29 is 33.3 Å². The molecule has 0 amide bonds. The Labute approximate surface area is 104 Å². The number of carboxylic acids is 1. The number of nitrogens with zero attached hydrogens (tertiary/aromatic N) is 1. The van der Waals surface area contributed by atoms with Crippen molar-refractivity contribution in [3.05, 3.63) is 23.9 Å². The lowest BCUT2D eigenvalue weighted by molar-refractivity contribution is -0.122. The van der Waals surface area contributed by atoms with Gasteiger partial charge in [0.25, 0.3) is 6.47 Å². The van der Waals surface area contributed by atoms with Crippen molar-refractivity contribution in [1.82, 2.24) is 10.2 Å². The highest BCUT2D eigenvalue weighted by molar-refractivity contribution is 6.01. The van der Waals surface area contributed by atoms with E-state index in [1.165, 1.54) is 18.2 Å². The van der Waals surface area contributed by atoms with Crippen molar-refractivity contribution in [3.63, 3.8) is 0 Å². The van der Waals surface area contributed by atoms with E-state index in [4.69, 9.17) is 15.0 Å². The van der Waals surface area contributed by atoms with E-state index in [1.807, 2.05) is 0 Å². The minimum Gasteiger partial charge on any atom is -0.483 e. The summed E-state index contributed by atoms with van der Waals surface area (Å²) in [6, 6.07) is 3.93. The Balaban J connectivity index is 0.000000550. The third-order valence-corrected chi connectivity index (χ3v) is 1.96. The van der Waals surface area contributed by atoms with Crippen molar-refractivity contribution in [2.45, 2.75) is 6.61 Å². The van der Waals surface area contributed by atoms with Gasteiger partial charge in [0.15, 0.2) is 5.69 Å². The lowest BCUT2D eigenvalue weighted by atomic mass is 10.2. The molecule has 9 heteroatoms. The van der Waals surface area contributed by atoms with Gasteiger partial charge in [0.1, 0.15) is 5.75 Å². The SMILES string of the molecule is O=C(O)c1n[nH]c2ccc(OC(F)F)cc12.O=CO. The standard InChI is InChI=1S/C9H6F2N2O3.CH2O2/c10-9(11)16-4-1-2-6-5(3-4)7(8(14)15)13-12-6;2-1-3/h1-3,9H,(H,12,13)(H,14,15);1H,(H,2,3). The first-order valence-corrected chi connectivity index (χ1v) is 4.73. The molecule has 0 radical (unpaired) electrons. The lowest BCUT2D eigenvalue weighted by Crippen LogP contribution is -2.02. The number of aromatic nitrogens is 2. The molecule has 0 atom stereocenters. The molecule has 1 aromatic carbocycles. The van der Waals surface area contributed by atoms with Crippen LogP contribution in [-0.2, 0) is 4.79 Å². The number of H-pyrrole nitrogens is 1. The van der Waals surface area contributed by atoms with Crippen LogP contribution in [0.5, 0.6) is 5.75 Å². The zero-order valence-corrected chi connectivity index (χ0v) is 9.21. The first-order chi connectivity index (χ1) is 8.99. The lowest BCUT2D eigenvalue weighted by Gasteiger charge is -2.03. The van der Waals surface area contributed by atoms with E-state index in [9.17, 15) is 13.6 Å². The van der Waals surface area contributed by atoms with Gasteiger partial charge in [0.05, 0.1) is 5.52 Å². The summed E-state index contributed by atoms with van der Waals surface area (Å²) in [4.78, 5) is 19.1. The summed E-state index contributed by atoms with van der Waals surface area (Å²) < 4.78 is 28.0.